The smallest absolute Gasteiger partial charge is 0.338 e. The van der Waals surface area contributed by atoms with Crippen molar-refractivity contribution in [2.24, 2.45) is 0 Å². The Labute approximate surface area is 237 Å². The summed E-state index contributed by atoms with van der Waals surface area (Å²) in [6.45, 7) is 1.34. The first kappa shape index (κ1) is 25.7. The van der Waals surface area contributed by atoms with Crippen molar-refractivity contribution in [3.05, 3.63) is 99.0 Å². The first-order valence-electron chi connectivity index (χ1n) is 13.3. The van der Waals surface area contributed by atoms with Gasteiger partial charge in [0, 0.05) is 35.3 Å². The fraction of sp³-hybridized carbons (Fsp3) is 0.267. The quantitative estimate of drug-likeness (QED) is 0.274. The van der Waals surface area contributed by atoms with Crippen molar-refractivity contribution >= 4 is 28.6 Å². The number of carbonyl (C=O) groups is 1. The van der Waals surface area contributed by atoms with Crippen LogP contribution >= 0.6 is 11.6 Å². The van der Waals surface area contributed by atoms with E-state index in [2.05, 4.69) is 10.2 Å². The van der Waals surface area contributed by atoms with Gasteiger partial charge in [-0.25, -0.2) is 14.0 Å². The van der Waals surface area contributed by atoms with Crippen LogP contribution in [0.15, 0.2) is 69.9 Å². The van der Waals surface area contributed by atoms with Crippen LogP contribution in [0.25, 0.3) is 28.2 Å². The fourth-order valence-corrected chi connectivity index (χ4v) is 6.00. The summed E-state index contributed by atoms with van der Waals surface area (Å²) in [4.78, 5) is 25.7. The third kappa shape index (κ3) is 4.17. The van der Waals surface area contributed by atoms with Crippen LogP contribution in [0.3, 0.4) is 0 Å². The lowest BCUT2D eigenvalue weighted by atomic mass is 10.00. The lowest BCUT2D eigenvalue weighted by Gasteiger charge is -2.19. The normalized spacial score (nSPS) is 16.7. The molecule has 0 atom stereocenters. The highest BCUT2D eigenvalue weighted by molar-refractivity contribution is 6.31. The highest BCUT2D eigenvalue weighted by Gasteiger charge is 2.51. The molecule has 41 heavy (non-hydrogen) atoms. The van der Waals surface area contributed by atoms with Crippen LogP contribution in [0.1, 0.15) is 53.4 Å². The number of carboxylic acids is 1. The van der Waals surface area contributed by atoms with E-state index in [4.69, 9.17) is 20.8 Å². The first-order valence-corrected chi connectivity index (χ1v) is 13.7. The summed E-state index contributed by atoms with van der Waals surface area (Å²) < 4.78 is 29.9. The van der Waals surface area contributed by atoms with Crippen LogP contribution in [0.4, 0.5) is 4.39 Å². The zero-order chi connectivity index (χ0) is 28.3. The second-order valence-corrected chi connectivity index (χ2v) is 10.9. The van der Waals surface area contributed by atoms with E-state index in [1.807, 2.05) is 0 Å². The molecule has 2 fully saturated rings. The number of ether oxygens (including phenoxy) is 1. The minimum atomic E-state index is -1.36. The van der Waals surface area contributed by atoms with Crippen LogP contribution in [0, 0.1) is 5.82 Å². The maximum absolute atomic E-state index is 15.4. The maximum Gasteiger partial charge on any atom is 0.338 e. The van der Waals surface area contributed by atoms with E-state index >= 15 is 4.39 Å². The Bertz CT molecular complexity index is 1870. The van der Waals surface area contributed by atoms with Crippen LogP contribution in [-0.4, -0.2) is 43.6 Å². The number of fused-ring (bicyclic) bond motifs is 1. The minimum Gasteiger partial charge on any atom is -0.478 e. The second kappa shape index (κ2) is 9.67. The molecule has 3 heterocycles. The molecule has 11 heteroatoms. The minimum absolute atomic E-state index is 0.175. The maximum atomic E-state index is 15.4. The Morgan fingerprint density at radius 3 is 2.49 bits per heavy atom. The van der Waals surface area contributed by atoms with Crippen LogP contribution in [0.2, 0.25) is 5.02 Å². The van der Waals surface area contributed by atoms with Gasteiger partial charge in [-0.2, -0.15) is 0 Å². The largest absolute Gasteiger partial charge is 0.478 e. The van der Waals surface area contributed by atoms with Gasteiger partial charge in [-0.15, -0.1) is 10.2 Å². The average Bonchev–Trinajstić information content (AvgIpc) is 3.50. The van der Waals surface area contributed by atoms with Gasteiger partial charge in [0.15, 0.2) is 0 Å². The summed E-state index contributed by atoms with van der Waals surface area (Å²) in [6.07, 6.45) is 2.64. The molecule has 208 valence electrons. The SMILES string of the molecule is O=C(O)c1cccc(C2(n3c(=O)n(-c4ccc(-c5nnc(C6CCOCC6)o5)cc4)c4cc(Cl)ccc43)CC2)c1F. The zero-order valence-corrected chi connectivity index (χ0v) is 22.5. The highest BCUT2D eigenvalue weighted by Crippen LogP contribution is 2.51. The van der Waals surface area contributed by atoms with Gasteiger partial charge in [-0.1, -0.05) is 23.7 Å². The Morgan fingerprint density at radius 2 is 1.78 bits per heavy atom. The standard InChI is InChI=1S/C30H24ClFN4O5/c31-19-6-9-23-24(16-19)35(29(39)36(23)30(12-13-30)22-3-1-2-21(25(22)32)28(37)38)20-7-4-17(5-8-20)26-33-34-27(41-26)18-10-14-40-15-11-18/h1-9,16,18H,10-15H2,(H,37,38). The molecule has 2 aliphatic rings. The molecule has 9 nitrogen and oxygen atoms in total. The molecule has 0 bridgehead atoms. The summed E-state index contributed by atoms with van der Waals surface area (Å²) >= 11 is 6.35. The van der Waals surface area contributed by atoms with E-state index < -0.39 is 22.9 Å². The van der Waals surface area contributed by atoms with Gasteiger partial charge < -0.3 is 14.3 Å². The predicted octanol–water partition coefficient (Wildman–Crippen LogP) is 5.76. The predicted molar refractivity (Wildman–Crippen MR) is 148 cm³/mol. The van der Waals surface area contributed by atoms with Crippen molar-refractivity contribution in [2.75, 3.05) is 13.2 Å². The molecule has 1 aliphatic heterocycles. The number of hydrogen-bond acceptors (Lipinski definition) is 6. The number of halogens is 2. The summed E-state index contributed by atoms with van der Waals surface area (Å²) in [6, 6.07) is 16.6. The van der Waals surface area contributed by atoms with E-state index in [-0.39, 0.29) is 17.2 Å². The van der Waals surface area contributed by atoms with Crippen LogP contribution in [-0.2, 0) is 10.3 Å². The molecular formula is C30H24ClFN4O5. The molecule has 3 aromatic carbocycles. The molecule has 1 saturated heterocycles. The number of aromatic carboxylic acids is 1. The lowest BCUT2D eigenvalue weighted by molar-refractivity contribution is 0.0691. The van der Waals surface area contributed by atoms with Gasteiger partial charge in [-0.3, -0.25) is 9.13 Å². The number of benzene rings is 3. The molecule has 0 spiro atoms. The fourth-order valence-electron chi connectivity index (χ4n) is 5.84. The Balaban J connectivity index is 1.31. The van der Waals surface area contributed by atoms with Gasteiger partial charge in [0.05, 0.1) is 27.8 Å². The Kier molecular flexibility index (Phi) is 6.06. The van der Waals surface area contributed by atoms with Gasteiger partial charge in [0.1, 0.15) is 5.82 Å². The van der Waals surface area contributed by atoms with Crippen molar-refractivity contribution in [2.45, 2.75) is 37.1 Å². The zero-order valence-electron chi connectivity index (χ0n) is 21.7. The number of carboxylic acid groups (broad SMARTS) is 1. The lowest BCUT2D eigenvalue weighted by Crippen LogP contribution is -2.33. The van der Waals surface area contributed by atoms with E-state index in [1.54, 1.807) is 53.1 Å². The van der Waals surface area contributed by atoms with Gasteiger partial charge in [0.25, 0.3) is 0 Å². The van der Waals surface area contributed by atoms with Gasteiger partial charge >= 0.3 is 11.7 Å². The summed E-state index contributed by atoms with van der Waals surface area (Å²) in [5.41, 5.74) is 0.770. The molecular weight excluding hydrogens is 551 g/mol. The number of hydrogen-bond donors (Lipinski definition) is 1. The summed E-state index contributed by atoms with van der Waals surface area (Å²) in [7, 11) is 0. The molecule has 2 aromatic heterocycles. The van der Waals surface area contributed by atoms with Crippen molar-refractivity contribution in [1.82, 2.24) is 19.3 Å². The number of nitrogens with zero attached hydrogens (tertiary/aromatic N) is 4. The van der Waals surface area contributed by atoms with Crippen molar-refractivity contribution < 1.29 is 23.4 Å². The Morgan fingerprint density at radius 1 is 1.02 bits per heavy atom. The van der Waals surface area contributed by atoms with Crippen LogP contribution in [0.5, 0.6) is 0 Å². The van der Waals surface area contributed by atoms with Crippen molar-refractivity contribution in [3.8, 4) is 17.1 Å². The molecule has 0 unspecified atom stereocenters. The summed E-state index contributed by atoms with van der Waals surface area (Å²) in [5.74, 6) is -1.03. The summed E-state index contributed by atoms with van der Waals surface area (Å²) in [5, 5.41) is 18.4. The molecule has 0 radical (unpaired) electrons. The highest BCUT2D eigenvalue weighted by atomic mass is 35.5. The molecule has 7 rings (SSSR count). The number of rotatable bonds is 6. The Hall–Kier alpha value is -4.28. The third-order valence-electron chi connectivity index (χ3n) is 8.07. The van der Waals surface area contributed by atoms with E-state index in [0.29, 0.717) is 65.1 Å². The van der Waals surface area contributed by atoms with Crippen LogP contribution < -0.4 is 5.69 Å². The molecule has 1 aliphatic carbocycles. The topological polar surface area (TPSA) is 112 Å². The van der Waals surface area contributed by atoms with E-state index in [1.165, 1.54) is 16.7 Å². The van der Waals surface area contributed by atoms with Crippen molar-refractivity contribution in [1.29, 1.82) is 0 Å². The number of imidazole rings is 1. The second-order valence-electron chi connectivity index (χ2n) is 10.5. The van der Waals surface area contributed by atoms with E-state index in [9.17, 15) is 14.7 Å². The monoisotopic (exact) mass is 574 g/mol. The van der Waals surface area contributed by atoms with Gasteiger partial charge in [0.2, 0.25) is 11.8 Å². The molecule has 1 N–H and O–H groups in total. The molecule has 5 aromatic rings. The number of aromatic nitrogens is 4. The van der Waals surface area contributed by atoms with Gasteiger partial charge in [-0.05, 0) is 74.2 Å². The first-order chi connectivity index (χ1) is 19.9. The molecule has 1 saturated carbocycles. The average molecular weight is 575 g/mol. The third-order valence-corrected chi connectivity index (χ3v) is 8.30. The van der Waals surface area contributed by atoms with E-state index in [0.717, 1.165) is 12.8 Å². The van der Waals surface area contributed by atoms with Crippen molar-refractivity contribution in [3.63, 3.8) is 0 Å². The molecule has 0 amide bonds.